The van der Waals surface area contributed by atoms with Gasteiger partial charge in [-0.2, -0.15) is 0 Å². The van der Waals surface area contributed by atoms with Gasteiger partial charge in [-0.3, -0.25) is 4.98 Å². The number of aromatic nitrogens is 3. The Morgan fingerprint density at radius 1 is 1.20 bits per heavy atom. The lowest BCUT2D eigenvalue weighted by atomic mass is 10.0. The number of pyridine rings is 1. The van der Waals surface area contributed by atoms with Crippen molar-refractivity contribution >= 4 is 17.6 Å². The van der Waals surface area contributed by atoms with Crippen molar-refractivity contribution in [1.82, 2.24) is 15.0 Å². The van der Waals surface area contributed by atoms with Crippen LogP contribution in [0, 0.1) is 5.82 Å². The van der Waals surface area contributed by atoms with Gasteiger partial charge < -0.3 is 10.1 Å². The monoisotopic (exact) mass is 359 g/mol. The Hall–Kier alpha value is -2.73. The zero-order valence-electron chi connectivity index (χ0n) is 13.2. The summed E-state index contributed by atoms with van der Waals surface area (Å²) < 4.78 is 13.5. The lowest BCUT2D eigenvalue weighted by Gasteiger charge is -2.05. The predicted octanol–water partition coefficient (Wildman–Crippen LogP) is 4.14. The van der Waals surface area contributed by atoms with E-state index in [-0.39, 0.29) is 10.6 Å². The Labute approximate surface area is 148 Å². The molecule has 0 bridgehead atoms. The van der Waals surface area contributed by atoms with Gasteiger partial charge in [0.15, 0.2) is 0 Å². The van der Waals surface area contributed by atoms with Crippen molar-refractivity contribution in [2.45, 2.75) is 19.3 Å². The number of halogens is 2. The van der Waals surface area contributed by atoms with Gasteiger partial charge in [0, 0.05) is 11.9 Å². The third kappa shape index (κ3) is 4.03. The Balaban J connectivity index is 1.70. The number of rotatable bonds is 6. The standard InChI is InChI=1S/C18H15ClFN3O2/c19-13-5-4-11(8-14(13)20)2-1-3-15-17(23-10-22-15)16-9-12(18(24)25)6-7-21-16/h4-10H,1-3H2,(H,22,23)(H,24,25). The zero-order chi connectivity index (χ0) is 17.8. The summed E-state index contributed by atoms with van der Waals surface area (Å²) in [6.07, 6.45) is 5.15. The van der Waals surface area contributed by atoms with Gasteiger partial charge in [0.2, 0.25) is 0 Å². The molecule has 25 heavy (non-hydrogen) atoms. The molecule has 3 aromatic rings. The van der Waals surface area contributed by atoms with Gasteiger partial charge in [-0.15, -0.1) is 0 Å². The SMILES string of the molecule is O=C(O)c1ccnc(-c2nc[nH]c2CCCc2ccc(Cl)c(F)c2)c1. The highest BCUT2D eigenvalue weighted by Crippen LogP contribution is 2.22. The van der Waals surface area contributed by atoms with Crippen LogP contribution in [0.25, 0.3) is 11.4 Å². The van der Waals surface area contributed by atoms with Crippen molar-refractivity contribution < 1.29 is 14.3 Å². The molecule has 0 saturated heterocycles. The van der Waals surface area contributed by atoms with E-state index >= 15 is 0 Å². The molecule has 0 aliphatic heterocycles. The number of imidazole rings is 1. The molecule has 3 rings (SSSR count). The van der Waals surface area contributed by atoms with E-state index in [0.29, 0.717) is 24.2 Å². The highest BCUT2D eigenvalue weighted by molar-refractivity contribution is 6.30. The molecule has 2 N–H and O–H groups in total. The first-order valence-electron chi connectivity index (χ1n) is 7.70. The van der Waals surface area contributed by atoms with Gasteiger partial charge in [0.25, 0.3) is 0 Å². The van der Waals surface area contributed by atoms with Gasteiger partial charge in [-0.05, 0) is 49.1 Å². The molecule has 2 heterocycles. The Morgan fingerprint density at radius 2 is 2.04 bits per heavy atom. The van der Waals surface area contributed by atoms with Crippen LogP contribution in [0.4, 0.5) is 4.39 Å². The topological polar surface area (TPSA) is 78.9 Å². The number of carbonyl (C=O) groups is 1. The first-order chi connectivity index (χ1) is 12.0. The molecular weight excluding hydrogens is 345 g/mol. The van der Waals surface area contributed by atoms with E-state index in [1.807, 2.05) is 0 Å². The largest absolute Gasteiger partial charge is 0.478 e. The molecule has 0 saturated carbocycles. The fourth-order valence-corrected chi connectivity index (χ4v) is 2.71. The molecule has 1 aromatic carbocycles. The molecule has 0 radical (unpaired) electrons. The molecule has 5 nitrogen and oxygen atoms in total. The van der Waals surface area contributed by atoms with Crippen LogP contribution in [-0.4, -0.2) is 26.0 Å². The predicted molar refractivity (Wildman–Crippen MR) is 92.2 cm³/mol. The van der Waals surface area contributed by atoms with Gasteiger partial charge >= 0.3 is 5.97 Å². The molecule has 7 heteroatoms. The van der Waals surface area contributed by atoms with Crippen molar-refractivity contribution in [3.63, 3.8) is 0 Å². The van der Waals surface area contributed by atoms with E-state index in [1.165, 1.54) is 24.4 Å². The van der Waals surface area contributed by atoms with E-state index in [4.69, 9.17) is 16.7 Å². The van der Waals surface area contributed by atoms with Crippen LogP contribution in [0.2, 0.25) is 5.02 Å². The number of aromatic amines is 1. The first-order valence-corrected chi connectivity index (χ1v) is 8.08. The van der Waals surface area contributed by atoms with Crippen LogP contribution in [0.5, 0.6) is 0 Å². The smallest absolute Gasteiger partial charge is 0.335 e. The van der Waals surface area contributed by atoms with Crippen molar-refractivity contribution in [2.75, 3.05) is 0 Å². The quantitative estimate of drug-likeness (QED) is 0.693. The number of carboxylic acids is 1. The summed E-state index contributed by atoms with van der Waals surface area (Å²) in [4.78, 5) is 22.6. The number of aromatic carboxylic acids is 1. The minimum Gasteiger partial charge on any atom is -0.478 e. The van der Waals surface area contributed by atoms with E-state index in [0.717, 1.165) is 17.7 Å². The van der Waals surface area contributed by atoms with E-state index in [9.17, 15) is 9.18 Å². The van der Waals surface area contributed by atoms with Crippen LogP contribution < -0.4 is 0 Å². The fraction of sp³-hybridized carbons (Fsp3) is 0.167. The van der Waals surface area contributed by atoms with Crippen LogP contribution >= 0.6 is 11.6 Å². The summed E-state index contributed by atoms with van der Waals surface area (Å²) in [7, 11) is 0. The molecule has 0 atom stereocenters. The number of benzene rings is 1. The van der Waals surface area contributed by atoms with E-state index in [2.05, 4.69) is 15.0 Å². The molecule has 0 aliphatic carbocycles. The molecular formula is C18H15ClFN3O2. The van der Waals surface area contributed by atoms with Crippen LogP contribution in [0.3, 0.4) is 0 Å². The Morgan fingerprint density at radius 3 is 2.80 bits per heavy atom. The van der Waals surface area contributed by atoms with Crippen molar-refractivity contribution in [3.8, 4) is 11.4 Å². The summed E-state index contributed by atoms with van der Waals surface area (Å²) in [5.74, 6) is -1.43. The van der Waals surface area contributed by atoms with Crippen LogP contribution in [0.15, 0.2) is 42.9 Å². The van der Waals surface area contributed by atoms with Gasteiger partial charge in [-0.1, -0.05) is 17.7 Å². The maximum atomic E-state index is 13.5. The average molecular weight is 360 g/mol. The number of H-pyrrole nitrogens is 1. The third-order valence-electron chi connectivity index (χ3n) is 3.84. The second-order valence-electron chi connectivity index (χ2n) is 5.57. The van der Waals surface area contributed by atoms with Gasteiger partial charge in [-0.25, -0.2) is 14.2 Å². The summed E-state index contributed by atoms with van der Waals surface area (Å²) in [5, 5.41) is 9.20. The number of carboxylic acid groups (broad SMARTS) is 1. The minimum atomic E-state index is -1.01. The molecule has 2 aromatic heterocycles. The molecule has 0 amide bonds. The summed E-state index contributed by atoms with van der Waals surface area (Å²) in [6, 6.07) is 7.73. The average Bonchev–Trinajstić information content (AvgIpc) is 3.07. The Kier molecular flexibility index (Phi) is 5.09. The first kappa shape index (κ1) is 17.1. The van der Waals surface area contributed by atoms with Gasteiger partial charge in [0.1, 0.15) is 11.5 Å². The third-order valence-corrected chi connectivity index (χ3v) is 4.15. The lowest BCUT2D eigenvalue weighted by molar-refractivity contribution is 0.0697. The van der Waals surface area contributed by atoms with Crippen molar-refractivity contribution in [3.05, 3.63) is 70.5 Å². The number of hydrogen-bond acceptors (Lipinski definition) is 3. The normalized spacial score (nSPS) is 10.8. The van der Waals surface area contributed by atoms with Crippen molar-refractivity contribution in [2.24, 2.45) is 0 Å². The van der Waals surface area contributed by atoms with E-state index < -0.39 is 11.8 Å². The van der Waals surface area contributed by atoms with Crippen molar-refractivity contribution in [1.29, 1.82) is 0 Å². The lowest BCUT2D eigenvalue weighted by Crippen LogP contribution is -1.99. The zero-order valence-corrected chi connectivity index (χ0v) is 13.9. The molecule has 0 aliphatic rings. The molecule has 0 fully saturated rings. The second kappa shape index (κ2) is 7.44. The number of hydrogen-bond donors (Lipinski definition) is 2. The molecule has 0 spiro atoms. The highest BCUT2D eigenvalue weighted by Gasteiger charge is 2.12. The highest BCUT2D eigenvalue weighted by atomic mass is 35.5. The summed E-state index contributed by atoms with van der Waals surface area (Å²) in [6.45, 7) is 0. The number of nitrogens with zero attached hydrogens (tertiary/aromatic N) is 2. The maximum Gasteiger partial charge on any atom is 0.335 e. The van der Waals surface area contributed by atoms with Crippen LogP contribution in [-0.2, 0) is 12.8 Å². The summed E-state index contributed by atoms with van der Waals surface area (Å²) >= 11 is 5.68. The minimum absolute atomic E-state index is 0.115. The fourth-order valence-electron chi connectivity index (χ4n) is 2.59. The van der Waals surface area contributed by atoms with Gasteiger partial charge in [0.05, 0.1) is 22.6 Å². The number of nitrogens with one attached hydrogen (secondary N) is 1. The second-order valence-corrected chi connectivity index (χ2v) is 5.97. The molecule has 0 unspecified atom stereocenters. The maximum absolute atomic E-state index is 13.5. The van der Waals surface area contributed by atoms with Crippen LogP contribution in [0.1, 0.15) is 28.0 Å². The number of aryl methyl sites for hydroxylation is 2. The van der Waals surface area contributed by atoms with E-state index in [1.54, 1.807) is 18.5 Å². The summed E-state index contributed by atoms with van der Waals surface area (Å²) in [5.41, 5.74) is 3.04. The Bertz CT molecular complexity index is 911. The molecule has 128 valence electrons.